The second-order valence-electron chi connectivity index (χ2n) is 9.11. The van der Waals surface area contributed by atoms with Gasteiger partial charge in [-0.3, -0.25) is 0 Å². The van der Waals surface area contributed by atoms with Crippen molar-refractivity contribution in [3.63, 3.8) is 0 Å². The van der Waals surface area contributed by atoms with Gasteiger partial charge in [0.05, 0.1) is 5.41 Å². The van der Waals surface area contributed by atoms with Crippen LogP contribution in [-0.2, 0) is 18.3 Å². The minimum absolute atomic E-state index is 0. The Morgan fingerprint density at radius 3 is 1.24 bits per heavy atom. The van der Waals surface area contributed by atoms with E-state index in [1.165, 1.54) is 50.1 Å². The van der Waals surface area contributed by atoms with E-state index in [1.54, 1.807) is 0 Å². The fraction of sp³-hybridized carbons (Fsp3) is 0.351. The van der Waals surface area contributed by atoms with Gasteiger partial charge in [0.2, 0.25) is 0 Å². The maximum absolute atomic E-state index is 2.38. The van der Waals surface area contributed by atoms with Crippen LogP contribution in [0.3, 0.4) is 0 Å². The zero-order chi connectivity index (χ0) is 26.3. The van der Waals surface area contributed by atoms with Crippen LogP contribution in [0.25, 0.3) is 0 Å². The first kappa shape index (κ1) is 30.1. The van der Waals surface area contributed by atoms with Crippen LogP contribution in [0, 0.1) is 0 Å². The van der Waals surface area contributed by atoms with E-state index in [9.17, 15) is 0 Å². The van der Waals surface area contributed by atoms with Crippen LogP contribution in [0.1, 0.15) is 119 Å². The Hall–Kier alpha value is -3.12. The summed E-state index contributed by atoms with van der Waals surface area (Å²) >= 11 is 0. The molecule has 196 valence electrons. The van der Waals surface area contributed by atoms with Crippen molar-refractivity contribution in [2.24, 2.45) is 0 Å². The largest absolute Gasteiger partial charge is 0.0776 e. The van der Waals surface area contributed by atoms with Crippen molar-refractivity contribution in [2.45, 2.75) is 87.0 Å². The molecule has 0 bridgehead atoms. The van der Waals surface area contributed by atoms with Crippen LogP contribution in [0.5, 0.6) is 0 Å². The van der Waals surface area contributed by atoms with E-state index in [2.05, 4.69) is 105 Å². The molecule has 0 heteroatoms. The molecule has 0 aliphatic heterocycles. The van der Waals surface area contributed by atoms with Crippen LogP contribution in [0.15, 0.2) is 91.0 Å². The number of hydrogen-bond acceptors (Lipinski definition) is 0. The van der Waals surface area contributed by atoms with E-state index in [0.29, 0.717) is 5.92 Å². The Kier molecular flexibility index (Phi) is 10.9. The average molecular weight is 493 g/mol. The highest BCUT2D eigenvalue weighted by Crippen LogP contribution is 2.56. The highest BCUT2D eigenvalue weighted by molar-refractivity contribution is 5.72. The van der Waals surface area contributed by atoms with Gasteiger partial charge in [-0.2, -0.15) is 0 Å². The maximum Gasteiger partial charge on any atom is 0.0715 e. The quantitative estimate of drug-likeness (QED) is 0.214. The highest BCUT2D eigenvalue weighted by Gasteiger charge is 2.48. The summed E-state index contributed by atoms with van der Waals surface area (Å²) in [7, 11) is 0. The first-order chi connectivity index (χ1) is 17.7. The van der Waals surface area contributed by atoms with E-state index >= 15 is 0 Å². The molecule has 0 amide bonds. The second-order valence-corrected chi connectivity index (χ2v) is 9.11. The van der Waals surface area contributed by atoms with Crippen LogP contribution < -0.4 is 0 Å². The number of fused-ring (bicyclic) bond motifs is 8. The van der Waals surface area contributed by atoms with Crippen LogP contribution in [0.4, 0.5) is 0 Å². The summed E-state index contributed by atoms with van der Waals surface area (Å²) in [4.78, 5) is 0. The zero-order valence-electron chi connectivity index (χ0n) is 23.7. The molecule has 0 heterocycles. The standard InChI is InChI=1S/C30H26.3C2H6.CH4/c1-20(2)25-14-9-13-24-19-23-12-5-8-17-28(23)30(29(24)25)26-15-6-3-10-21(26)18-22-11-4-7-16-27(22)30;3*1-2;/h3-17,20H,18-19H2,1-2H3;3*1-2H3;1H4. The molecule has 0 radical (unpaired) electrons. The molecule has 0 nitrogen and oxygen atoms in total. The lowest BCUT2D eigenvalue weighted by Crippen LogP contribution is -2.41. The van der Waals surface area contributed by atoms with Crippen molar-refractivity contribution in [3.05, 3.63) is 141 Å². The molecular weight excluding hydrogens is 444 g/mol. The highest BCUT2D eigenvalue weighted by atomic mass is 14.5. The summed E-state index contributed by atoms with van der Waals surface area (Å²) < 4.78 is 0. The first-order valence-electron chi connectivity index (χ1n) is 14.1. The van der Waals surface area contributed by atoms with Gasteiger partial charge in [-0.25, -0.2) is 0 Å². The van der Waals surface area contributed by atoms with Crippen molar-refractivity contribution in [1.82, 2.24) is 0 Å². The van der Waals surface area contributed by atoms with E-state index < -0.39 is 0 Å². The number of rotatable bonds is 1. The molecule has 4 aromatic rings. The third kappa shape index (κ3) is 4.91. The molecule has 1 spiro atoms. The lowest BCUT2D eigenvalue weighted by Gasteiger charge is -2.47. The Morgan fingerprint density at radius 1 is 0.486 bits per heavy atom. The van der Waals surface area contributed by atoms with E-state index in [-0.39, 0.29) is 12.8 Å². The third-order valence-electron chi connectivity index (χ3n) is 7.21. The van der Waals surface area contributed by atoms with Gasteiger partial charge in [-0.05, 0) is 68.8 Å². The molecule has 0 unspecified atom stereocenters. The Morgan fingerprint density at radius 2 is 0.838 bits per heavy atom. The lowest BCUT2D eigenvalue weighted by atomic mass is 9.54. The monoisotopic (exact) mass is 492 g/mol. The smallest absolute Gasteiger partial charge is 0.0715 e. The van der Waals surface area contributed by atoms with Crippen molar-refractivity contribution < 1.29 is 0 Å². The normalized spacial score (nSPS) is 12.9. The summed E-state index contributed by atoms with van der Waals surface area (Å²) in [6.45, 7) is 16.7. The van der Waals surface area contributed by atoms with Gasteiger partial charge in [0.15, 0.2) is 0 Å². The molecule has 0 atom stereocenters. The SMILES string of the molecule is C.CC.CC.CC.CC(C)c1cccc2c1C1(c3ccccc3Cc3ccccc31)c1ccccc1C2. The summed E-state index contributed by atoms with van der Waals surface area (Å²) in [5.41, 5.74) is 13.0. The van der Waals surface area contributed by atoms with Crippen LogP contribution in [-0.4, -0.2) is 0 Å². The van der Waals surface area contributed by atoms with Gasteiger partial charge < -0.3 is 0 Å². The molecule has 4 aromatic carbocycles. The third-order valence-corrected chi connectivity index (χ3v) is 7.21. The molecule has 37 heavy (non-hydrogen) atoms. The van der Waals surface area contributed by atoms with Gasteiger partial charge in [-0.15, -0.1) is 0 Å². The lowest BCUT2D eigenvalue weighted by molar-refractivity contribution is 0.650. The van der Waals surface area contributed by atoms with Gasteiger partial charge >= 0.3 is 0 Å². The van der Waals surface area contributed by atoms with E-state index in [1.807, 2.05) is 41.5 Å². The summed E-state index contributed by atoms with van der Waals surface area (Å²) in [5, 5.41) is 0. The van der Waals surface area contributed by atoms with Gasteiger partial charge in [0.25, 0.3) is 0 Å². The zero-order valence-corrected chi connectivity index (χ0v) is 23.7. The first-order valence-corrected chi connectivity index (χ1v) is 14.1. The van der Waals surface area contributed by atoms with Crippen molar-refractivity contribution >= 4 is 0 Å². The molecule has 2 aliphatic carbocycles. The molecule has 2 aliphatic rings. The summed E-state index contributed by atoms with van der Waals surface area (Å²) in [6, 6.07) is 34.4. The fourth-order valence-corrected chi connectivity index (χ4v) is 6.08. The molecular formula is C37H48. The maximum atomic E-state index is 2.38. The summed E-state index contributed by atoms with van der Waals surface area (Å²) in [6.07, 6.45) is 2.02. The molecule has 0 fully saturated rings. The topological polar surface area (TPSA) is 0 Å². The molecule has 6 rings (SSSR count). The number of benzene rings is 4. The van der Waals surface area contributed by atoms with Crippen molar-refractivity contribution in [2.75, 3.05) is 0 Å². The number of hydrogen-bond donors (Lipinski definition) is 0. The van der Waals surface area contributed by atoms with Gasteiger partial charge in [0, 0.05) is 0 Å². The predicted octanol–water partition coefficient (Wildman–Crippen LogP) is 10.7. The average Bonchev–Trinajstić information content (AvgIpc) is 2.96. The predicted molar refractivity (Wildman–Crippen MR) is 165 cm³/mol. The molecule has 0 saturated heterocycles. The Bertz CT molecular complexity index is 1170. The Labute approximate surface area is 227 Å². The van der Waals surface area contributed by atoms with E-state index in [0.717, 1.165) is 12.8 Å². The van der Waals surface area contributed by atoms with Crippen molar-refractivity contribution in [1.29, 1.82) is 0 Å². The molecule has 0 N–H and O–H groups in total. The summed E-state index contributed by atoms with van der Waals surface area (Å²) in [5.74, 6) is 0.475. The van der Waals surface area contributed by atoms with Gasteiger partial charge in [-0.1, -0.05) is 154 Å². The molecule has 0 saturated carbocycles. The van der Waals surface area contributed by atoms with E-state index in [4.69, 9.17) is 0 Å². The minimum atomic E-state index is -0.240. The van der Waals surface area contributed by atoms with Crippen LogP contribution >= 0.6 is 0 Å². The fourth-order valence-electron chi connectivity index (χ4n) is 6.08. The van der Waals surface area contributed by atoms with Crippen molar-refractivity contribution in [3.8, 4) is 0 Å². The second kappa shape index (κ2) is 13.4. The molecule has 0 aromatic heterocycles. The minimum Gasteiger partial charge on any atom is -0.0776 e. The van der Waals surface area contributed by atoms with Crippen LogP contribution in [0.2, 0.25) is 0 Å². The van der Waals surface area contributed by atoms with Gasteiger partial charge in [0.1, 0.15) is 0 Å². The Balaban J connectivity index is 0.000000644.